The van der Waals surface area contributed by atoms with E-state index < -0.39 is 0 Å². The lowest BCUT2D eigenvalue weighted by Crippen LogP contribution is -2.18. The van der Waals surface area contributed by atoms with E-state index in [0.717, 1.165) is 35.5 Å². The third-order valence-electron chi connectivity index (χ3n) is 5.44. The van der Waals surface area contributed by atoms with Gasteiger partial charge in [-0.25, -0.2) is 0 Å². The third-order valence-corrected chi connectivity index (χ3v) is 5.44. The Morgan fingerprint density at radius 2 is 2.00 bits per heavy atom. The van der Waals surface area contributed by atoms with Gasteiger partial charge in [0.1, 0.15) is 5.78 Å². The van der Waals surface area contributed by atoms with Crippen LogP contribution in [0.25, 0.3) is 0 Å². The summed E-state index contributed by atoms with van der Waals surface area (Å²) in [6, 6.07) is 0. The fourth-order valence-corrected chi connectivity index (χ4v) is 5.12. The molecular formula is C13H16O. The van der Waals surface area contributed by atoms with Crippen LogP contribution in [0, 0.1) is 41.4 Å². The van der Waals surface area contributed by atoms with Crippen molar-refractivity contribution in [3.05, 3.63) is 12.2 Å². The van der Waals surface area contributed by atoms with E-state index in [1.807, 2.05) is 0 Å². The SMILES string of the molecule is CC(=O)[C@@H]1[C@H]2[C@H]3C[C@H]([C@H]4C=CC[C@H]43)[C@@H]12. The molecule has 0 aromatic rings. The molecule has 74 valence electrons. The first-order valence-corrected chi connectivity index (χ1v) is 5.96. The highest BCUT2D eigenvalue weighted by atomic mass is 16.1. The number of hydrogen-bond acceptors (Lipinski definition) is 1. The van der Waals surface area contributed by atoms with E-state index in [0.29, 0.717) is 11.7 Å². The van der Waals surface area contributed by atoms with Crippen molar-refractivity contribution < 1.29 is 4.79 Å². The summed E-state index contributed by atoms with van der Waals surface area (Å²) in [5.41, 5.74) is 0. The first kappa shape index (κ1) is 7.67. The van der Waals surface area contributed by atoms with E-state index in [4.69, 9.17) is 0 Å². The average molecular weight is 188 g/mol. The molecule has 4 aliphatic carbocycles. The quantitative estimate of drug-likeness (QED) is 0.577. The van der Waals surface area contributed by atoms with Crippen molar-refractivity contribution in [1.82, 2.24) is 0 Å². The highest BCUT2D eigenvalue weighted by Crippen LogP contribution is 2.74. The molecule has 3 fully saturated rings. The molecule has 4 rings (SSSR count). The van der Waals surface area contributed by atoms with Crippen molar-refractivity contribution in [3.8, 4) is 0 Å². The average Bonchev–Trinajstić information content (AvgIpc) is 2.52. The first-order chi connectivity index (χ1) is 6.79. The Hall–Kier alpha value is -0.590. The molecule has 2 bridgehead atoms. The maximum Gasteiger partial charge on any atom is 0.133 e. The van der Waals surface area contributed by atoms with Crippen LogP contribution < -0.4 is 0 Å². The molecule has 3 saturated carbocycles. The second-order valence-electron chi connectivity index (χ2n) is 5.76. The van der Waals surface area contributed by atoms with E-state index in [9.17, 15) is 4.79 Å². The zero-order chi connectivity index (χ0) is 9.45. The highest BCUT2D eigenvalue weighted by Gasteiger charge is 2.71. The van der Waals surface area contributed by atoms with Crippen LogP contribution in [0.2, 0.25) is 0 Å². The van der Waals surface area contributed by atoms with E-state index in [-0.39, 0.29) is 0 Å². The second-order valence-corrected chi connectivity index (χ2v) is 5.76. The minimum atomic E-state index is 0.471. The molecule has 7 atom stereocenters. The number of fused-ring (bicyclic) bond motifs is 8. The summed E-state index contributed by atoms with van der Waals surface area (Å²) in [6.07, 6.45) is 7.57. The minimum absolute atomic E-state index is 0.471. The van der Waals surface area contributed by atoms with E-state index >= 15 is 0 Å². The molecule has 0 saturated heterocycles. The van der Waals surface area contributed by atoms with Crippen molar-refractivity contribution in [2.45, 2.75) is 19.8 Å². The number of hydrogen-bond donors (Lipinski definition) is 0. The lowest BCUT2D eigenvalue weighted by Gasteiger charge is -2.22. The molecule has 0 aromatic carbocycles. The molecule has 1 nitrogen and oxygen atoms in total. The molecule has 0 heterocycles. The standard InChI is InChI=1S/C13H16O/c1-6(14)11-12-9-5-10(13(11)12)8-4-2-3-7(8)9/h2-3,7-13H,4-5H2,1H3/t7-,8+,9+,10-,11-,12-,13+/m0/s1. The number of carbonyl (C=O) groups is 1. The topological polar surface area (TPSA) is 17.1 Å². The lowest BCUT2D eigenvalue weighted by molar-refractivity contribution is -0.119. The predicted octanol–water partition coefficient (Wildman–Crippen LogP) is 2.28. The molecule has 0 spiro atoms. The normalized spacial score (nSPS) is 61.4. The summed E-state index contributed by atoms with van der Waals surface area (Å²) in [6.45, 7) is 1.80. The zero-order valence-corrected chi connectivity index (χ0v) is 8.52. The number of Topliss-reactive ketones (excluding diaryl/α,β-unsaturated/α-hetero) is 1. The van der Waals surface area contributed by atoms with Crippen LogP contribution in [0.5, 0.6) is 0 Å². The van der Waals surface area contributed by atoms with Gasteiger partial charge >= 0.3 is 0 Å². The van der Waals surface area contributed by atoms with Crippen molar-refractivity contribution in [1.29, 1.82) is 0 Å². The van der Waals surface area contributed by atoms with Gasteiger partial charge in [-0.1, -0.05) is 12.2 Å². The number of allylic oxidation sites excluding steroid dienone is 2. The Balaban J connectivity index is 1.69. The van der Waals surface area contributed by atoms with Crippen LogP contribution in [-0.2, 0) is 4.79 Å². The maximum absolute atomic E-state index is 11.4. The van der Waals surface area contributed by atoms with Crippen molar-refractivity contribution in [3.63, 3.8) is 0 Å². The number of carbonyl (C=O) groups excluding carboxylic acids is 1. The summed E-state index contributed by atoms with van der Waals surface area (Å²) < 4.78 is 0. The number of rotatable bonds is 1. The summed E-state index contributed by atoms with van der Waals surface area (Å²) in [5.74, 6) is 6.19. The predicted molar refractivity (Wildman–Crippen MR) is 53.5 cm³/mol. The Morgan fingerprint density at radius 1 is 1.21 bits per heavy atom. The minimum Gasteiger partial charge on any atom is -0.300 e. The van der Waals surface area contributed by atoms with Gasteiger partial charge in [0.05, 0.1) is 0 Å². The summed E-state index contributed by atoms with van der Waals surface area (Å²) in [4.78, 5) is 11.4. The van der Waals surface area contributed by atoms with E-state index in [2.05, 4.69) is 12.2 Å². The molecule has 0 amide bonds. The van der Waals surface area contributed by atoms with Gasteiger partial charge in [0.2, 0.25) is 0 Å². The van der Waals surface area contributed by atoms with Gasteiger partial charge in [0, 0.05) is 5.92 Å². The molecule has 1 heteroatoms. The van der Waals surface area contributed by atoms with Crippen LogP contribution in [0.3, 0.4) is 0 Å². The maximum atomic E-state index is 11.4. The highest BCUT2D eigenvalue weighted by molar-refractivity contribution is 5.82. The molecule has 0 unspecified atom stereocenters. The third kappa shape index (κ3) is 0.656. The fraction of sp³-hybridized carbons (Fsp3) is 0.769. The molecule has 14 heavy (non-hydrogen) atoms. The van der Waals surface area contributed by atoms with Crippen molar-refractivity contribution in [2.24, 2.45) is 41.4 Å². The Labute approximate surface area is 84.6 Å². The van der Waals surface area contributed by atoms with Gasteiger partial charge in [-0.2, -0.15) is 0 Å². The Bertz CT molecular complexity index is 343. The molecule has 0 radical (unpaired) electrons. The largest absolute Gasteiger partial charge is 0.300 e. The molecule has 0 N–H and O–H groups in total. The molecule has 0 aliphatic heterocycles. The summed E-state index contributed by atoms with van der Waals surface area (Å²) >= 11 is 0. The van der Waals surface area contributed by atoms with Crippen LogP contribution in [0.1, 0.15) is 19.8 Å². The van der Waals surface area contributed by atoms with Gasteiger partial charge in [0.25, 0.3) is 0 Å². The van der Waals surface area contributed by atoms with Crippen LogP contribution in [0.4, 0.5) is 0 Å². The van der Waals surface area contributed by atoms with Gasteiger partial charge in [-0.15, -0.1) is 0 Å². The van der Waals surface area contributed by atoms with E-state index in [1.165, 1.54) is 12.8 Å². The van der Waals surface area contributed by atoms with E-state index in [1.54, 1.807) is 6.92 Å². The van der Waals surface area contributed by atoms with Crippen LogP contribution in [0.15, 0.2) is 12.2 Å². The second kappa shape index (κ2) is 2.15. The van der Waals surface area contributed by atoms with Gasteiger partial charge in [-0.3, -0.25) is 4.79 Å². The smallest absolute Gasteiger partial charge is 0.133 e. The zero-order valence-electron chi connectivity index (χ0n) is 8.52. The van der Waals surface area contributed by atoms with Crippen molar-refractivity contribution >= 4 is 5.78 Å². The number of ketones is 1. The Kier molecular flexibility index (Phi) is 1.18. The lowest BCUT2D eigenvalue weighted by atomic mass is 9.82. The van der Waals surface area contributed by atoms with Crippen molar-refractivity contribution in [2.75, 3.05) is 0 Å². The Morgan fingerprint density at radius 3 is 2.79 bits per heavy atom. The first-order valence-electron chi connectivity index (χ1n) is 5.96. The van der Waals surface area contributed by atoms with Crippen LogP contribution >= 0.6 is 0 Å². The van der Waals surface area contributed by atoms with Gasteiger partial charge < -0.3 is 0 Å². The van der Waals surface area contributed by atoms with Gasteiger partial charge in [-0.05, 0) is 55.3 Å². The molecular weight excluding hydrogens is 172 g/mol. The fourth-order valence-electron chi connectivity index (χ4n) is 5.12. The molecule has 0 aromatic heterocycles. The summed E-state index contributed by atoms with van der Waals surface area (Å²) in [7, 11) is 0. The molecule has 4 aliphatic rings. The van der Waals surface area contributed by atoms with Gasteiger partial charge in [0.15, 0.2) is 0 Å². The summed E-state index contributed by atoms with van der Waals surface area (Å²) in [5, 5.41) is 0. The van der Waals surface area contributed by atoms with Crippen LogP contribution in [-0.4, -0.2) is 5.78 Å². The monoisotopic (exact) mass is 188 g/mol.